The Morgan fingerprint density at radius 3 is 2.48 bits per heavy atom. The summed E-state index contributed by atoms with van der Waals surface area (Å²) in [6.07, 6.45) is 0. The number of carboxylic acids is 1. The van der Waals surface area contributed by atoms with Crippen molar-refractivity contribution in [3.05, 3.63) is 59.2 Å². The van der Waals surface area contributed by atoms with Gasteiger partial charge in [-0.15, -0.1) is 0 Å². The van der Waals surface area contributed by atoms with E-state index < -0.39 is 5.97 Å². The summed E-state index contributed by atoms with van der Waals surface area (Å²) < 4.78 is 7.10. The molecule has 0 saturated heterocycles. The van der Waals surface area contributed by atoms with Crippen LogP contribution < -0.4 is 9.84 Å². The van der Waals surface area contributed by atoms with Crippen molar-refractivity contribution in [2.24, 2.45) is 0 Å². The topological polar surface area (TPSA) is 93.0 Å². The maximum Gasteiger partial charge on any atom is 0.345 e. The van der Waals surface area contributed by atoms with Gasteiger partial charge in [-0.1, -0.05) is 23.3 Å². The Morgan fingerprint density at radius 2 is 1.83 bits per heavy atom. The summed E-state index contributed by atoms with van der Waals surface area (Å²) in [5.41, 5.74) is 2.92. The summed E-state index contributed by atoms with van der Waals surface area (Å²) in [5.74, 6) is -0.615. The van der Waals surface area contributed by atoms with E-state index in [-0.39, 0.29) is 11.6 Å². The van der Waals surface area contributed by atoms with E-state index in [9.17, 15) is 9.90 Å². The molecule has 0 atom stereocenters. The fourth-order valence-electron chi connectivity index (χ4n) is 2.03. The molecule has 0 radical (unpaired) electrons. The molecule has 23 heavy (non-hydrogen) atoms. The van der Waals surface area contributed by atoms with Crippen molar-refractivity contribution in [3.63, 3.8) is 0 Å². The van der Waals surface area contributed by atoms with Crippen LogP contribution in [-0.4, -0.2) is 26.2 Å². The van der Waals surface area contributed by atoms with E-state index in [1.807, 2.05) is 32.0 Å². The first-order chi connectivity index (χ1) is 11.0. The van der Waals surface area contributed by atoms with E-state index in [0.29, 0.717) is 11.4 Å². The van der Waals surface area contributed by atoms with Crippen LogP contribution in [0.4, 0.5) is 0 Å². The Morgan fingerprint density at radius 1 is 1.09 bits per heavy atom. The van der Waals surface area contributed by atoms with Gasteiger partial charge in [-0.3, -0.25) is 0 Å². The van der Waals surface area contributed by atoms with Crippen LogP contribution in [0.2, 0.25) is 0 Å². The maximum absolute atomic E-state index is 10.8. The first kappa shape index (κ1) is 14.7. The lowest BCUT2D eigenvalue weighted by Crippen LogP contribution is -2.22. The highest BCUT2D eigenvalue weighted by Gasteiger charge is 2.11. The summed E-state index contributed by atoms with van der Waals surface area (Å²) in [6, 6.07) is 11.9. The smallest absolute Gasteiger partial charge is 0.345 e. The SMILES string of the molecule is Cc1ccc(Oc2nnnn2-c2ccc(C(=O)[O-])cc2)cc1C. The average molecular weight is 309 g/mol. The number of benzene rings is 2. The highest BCUT2D eigenvalue weighted by Crippen LogP contribution is 2.23. The number of aromatic nitrogens is 4. The van der Waals surface area contributed by atoms with Crippen molar-refractivity contribution < 1.29 is 14.6 Å². The lowest BCUT2D eigenvalue weighted by molar-refractivity contribution is -0.255. The van der Waals surface area contributed by atoms with Gasteiger partial charge in [0, 0.05) is 0 Å². The van der Waals surface area contributed by atoms with Crippen LogP contribution in [0.25, 0.3) is 5.69 Å². The maximum atomic E-state index is 10.8. The second-order valence-corrected chi connectivity index (χ2v) is 5.06. The molecule has 0 fully saturated rings. The minimum Gasteiger partial charge on any atom is -0.545 e. The lowest BCUT2D eigenvalue weighted by atomic mass is 10.1. The van der Waals surface area contributed by atoms with E-state index >= 15 is 0 Å². The van der Waals surface area contributed by atoms with Gasteiger partial charge >= 0.3 is 6.01 Å². The normalized spacial score (nSPS) is 10.5. The molecule has 7 heteroatoms. The lowest BCUT2D eigenvalue weighted by Gasteiger charge is -2.08. The predicted octanol–water partition coefficient (Wildman–Crippen LogP) is 1.43. The number of aromatic carboxylic acids is 1. The summed E-state index contributed by atoms with van der Waals surface area (Å²) in [4.78, 5) is 10.8. The fourth-order valence-corrected chi connectivity index (χ4v) is 2.03. The fraction of sp³-hybridized carbons (Fsp3) is 0.125. The first-order valence-electron chi connectivity index (χ1n) is 6.90. The molecular weight excluding hydrogens is 296 g/mol. The molecule has 1 heterocycles. The predicted molar refractivity (Wildman–Crippen MR) is 79.5 cm³/mol. The number of nitrogens with zero attached hydrogens (tertiary/aromatic N) is 4. The third-order valence-electron chi connectivity index (χ3n) is 3.48. The van der Waals surface area contributed by atoms with E-state index in [0.717, 1.165) is 11.1 Å². The first-order valence-corrected chi connectivity index (χ1v) is 6.90. The molecule has 3 aromatic rings. The van der Waals surface area contributed by atoms with Crippen molar-refractivity contribution >= 4 is 5.97 Å². The number of aryl methyl sites for hydroxylation is 2. The second-order valence-electron chi connectivity index (χ2n) is 5.06. The zero-order valence-corrected chi connectivity index (χ0v) is 12.6. The highest BCUT2D eigenvalue weighted by atomic mass is 16.5. The third-order valence-corrected chi connectivity index (χ3v) is 3.48. The number of tetrazole rings is 1. The number of carbonyl (C=O) groups excluding carboxylic acids is 1. The molecule has 0 unspecified atom stereocenters. The van der Waals surface area contributed by atoms with Crippen LogP contribution in [0.3, 0.4) is 0 Å². The molecule has 1 aromatic heterocycles. The zero-order chi connectivity index (χ0) is 16.4. The van der Waals surface area contributed by atoms with Crippen LogP contribution in [0.15, 0.2) is 42.5 Å². The van der Waals surface area contributed by atoms with E-state index in [2.05, 4.69) is 15.5 Å². The number of ether oxygens (including phenoxy) is 1. The number of rotatable bonds is 4. The van der Waals surface area contributed by atoms with Gasteiger partial charge in [0.05, 0.1) is 11.7 Å². The van der Waals surface area contributed by atoms with Gasteiger partial charge in [-0.2, -0.15) is 4.68 Å². The van der Waals surface area contributed by atoms with Gasteiger partial charge in [0.2, 0.25) is 0 Å². The molecule has 0 bridgehead atoms. The number of hydrogen-bond donors (Lipinski definition) is 0. The number of hydrogen-bond acceptors (Lipinski definition) is 6. The summed E-state index contributed by atoms with van der Waals surface area (Å²) in [7, 11) is 0. The molecule has 0 N–H and O–H groups in total. The molecule has 0 aliphatic carbocycles. The third kappa shape index (κ3) is 3.03. The van der Waals surface area contributed by atoms with Gasteiger partial charge in [0.25, 0.3) is 0 Å². The van der Waals surface area contributed by atoms with E-state index in [1.165, 1.54) is 16.8 Å². The molecule has 2 aromatic carbocycles. The number of carboxylic acid groups (broad SMARTS) is 1. The Kier molecular flexibility index (Phi) is 3.76. The minimum absolute atomic E-state index is 0.0819. The van der Waals surface area contributed by atoms with Crippen molar-refractivity contribution in [3.8, 4) is 17.4 Å². The van der Waals surface area contributed by atoms with E-state index in [4.69, 9.17) is 4.74 Å². The van der Waals surface area contributed by atoms with Crippen LogP contribution in [0.5, 0.6) is 11.8 Å². The molecule has 3 rings (SSSR count). The van der Waals surface area contributed by atoms with Gasteiger partial charge in [-0.05, 0) is 65.2 Å². The van der Waals surface area contributed by atoms with Crippen molar-refractivity contribution in [1.29, 1.82) is 0 Å². The van der Waals surface area contributed by atoms with Crippen LogP contribution >= 0.6 is 0 Å². The summed E-state index contributed by atoms with van der Waals surface area (Å²) in [6.45, 7) is 4.01. The summed E-state index contributed by atoms with van der Waals surface area (Å²) in [5, 5.41) is 22.1. The standard InChI is InChI=1S/C16H14N4O3/c1-10-3-8-14(9-11(10)2)23-16-17-18-19-20(16)13-6-4-12(5-7-13)15(21)22/h3-9H,1-2H3,(H,21,22)/p-1. The van der Waals surface area contributed by atoms with Crippen molar-refractivity contribution in [2.45, 2.75) is 13.8 Å². The quantitative estimate of drug-likeness (QED) is 0.724. The average Bonchev–Trinajstić information content (AvgIpc) is 2.99. The molecule has 7 nitrogen and oxygen atoms in total. The Balaban J connectivity index is 1.89. The Bertz CT molecular complexity index is 856. The largest absolute Gasteiger partial charge is 0.545 e. The van der Waals surface area contributed by atoms with Gasteiger partial charge in [0.15, 0.2) is 0 Å². The van der Waals surface area contributed by atoms with Gasteiger partial charge in [0.1, 0.15) is 5.75 Å². The van der Waals surface area contributed by atoms with Crippen molar-refractivity contribution in [2.75, 3.05) is 0 Å². The molecular formula is C16H13N4O3-. The van der Waals surface area contributed by atoms with Crippen LogP contribution in [-0.2, 0) is 0 Å². The zero-order valence-electron chi connectivity index (χ0n) is 12.6. The Hall–Kier alpha value is -3.22. The van der Waals surface area contributed by atoms with Gasteiger partial charge in [-0.25, -0.2) is 0 Å². The minimum atomic E-state index is -1.24. The summed E-state index contributed by atoms with van der Waals surface area (Å²) >= 11 is 0. The highest BCUT2D eigenvalue weighted by molar-refractivity contribution is 5.85. The molecule has 0 saturated carbocycles. The Labute approximate surface area is 132 Å². The molecule has 0 spiro atoms. The molecule has 0 aliphatic rings. The molecule has 0 aliphatic heterocycles. The molecule has 116 valence electrons. The molecule has 0 amide bonds. The van der Waals surface area contributed by atoms with Crippen LogP contribution in [0, 0.1) is 13.8 Å². The number of carbonyl (C=O) groups is 1. The van der Waals surface area contributed by atoms with Crippen molar-refractivity contribution in [1.82, 2.24) is 20.2 Å². The monoisotopic (exact) mass is 309 g/mol. The second kappa shape index (κ2) is 5.88. The van der Waals surface area contributed by atoms with Gasteiger partial charge < -0.3 is 14.6 Å². The van der Waals surface area contributed by atoms with Crippen LogP contribution in [0.1, 0.15) is 21.5 Å². The van der Waals surface area contributed by atoms with E-state index in [1.54, 1.807) is 12.1 Å².